The summed E-state index contributed by atoms with van der Waals surface area (Å²) < 4.78 is 71.5. The van der Waals surface area contributed by atoms with Crippen molar-refractivity contribution in [1.29, 1.82) is 0 Å². The molecule has 1 unspecified atom stereocenters. The molecule has 0 fully saturated rings. The van der Waals surface area contributed by atoms with E-state index in [2.05, 4.69) is 21.9 Å². The van der Waals surface area contributed by atoms with Gasteiger partial charge in [-0.25, -0.2) is 13.8 Å². The predicted octanol–water partition coefficient (Wildman–Crippen LogP) is 5.14. The third-order valence-corrected chi connectivity index (χ3v) is 4.86. The minimum Gasteiger partial charge on any atom is -0.475 e. The number of aromatic nitrogens is 1. The molecule has 0 spiro atoms. The molecule has 2 aromatic rings. The Morgan fingerprint density at radius 2 is 1.91 bits per heavy atom. The molecule has 0 aliphatic heterocycles. The van der Waals surface area contributed by atoms with Crippen molar-refractivity contribution >= 4 is 17.8 Å². The summed E-state index contributed by atoms with van der Waals surface area (Å²) in [6, 6.07) is 3.00. The van der Waals surface area contributed by atoms with Crippen LogP contribution in [0.2, 0.25) is 0 Å². The van der Waals surface area contributed by atoms with Crippen LogP contribution in [0, 0.1) is 23.5 Å². The van der Waals surface area contributed by atoms with Gasteiger partial charge in [0.2, 0.25) is 5.88 Å². The van der Waals surface area contributed by atoms with Gasteiger partial charge in [0.15, 0.2) is 11.6 Å². The molecule has 11 heteroatoms. The zero-order valence-electron chi connectivity index (χ0n) is 19.7. The fourth-order valence-electron chi connectivity index (χ4n) is 3.04. The fraction of sp³-hybridized carbons (Fsp3) is 0.375. The third kappa shape index (κ3) is 7.40. The van der Waals surface area contributed by atoms with Gasteiger partial charge in [-0.2, -0.15) is 18.3 Å². The highest BCUT2D eigenvalue weighted by Crippen LogP contribution is 2.29. The summed E-state index contributed by atoms with van der Waals surface area (Å²) in [6.45, 7) is 5.28. The Bertz CT molecular complexity index is 1110. The molecule has 0 saturated carbocycles. The highest BCUT2D eigenvalue weighted by molar-refractivity contribution is 6.00. The molecule has 188 valence electrons. The number of anilines is 1. The minimum absolute atomic E-state index is 0.0272. The number of carbonyl (C=O) groups excluding carboxylic acids is 1. The van der Waals surface area contributed by atoms with E-state index in [-0.39, 0.29) is 30.3 Å². The second-order valence-corrected chi connectivity index (χ2v) is 7.36. The average molecular weight is 496 g/mol. The zero-order chi connectivity index (χ0) is 26.2. The highest BCUT2D eigenvalue weighted by Gasteiger charge is 2.31. The fourth-order valence-corrected chi connectivity index (χ4v) is 3.04. The standard InChI is InChI=1S/C24H25F5N4O2/c1-5-7-8-11-31-32(4)21-13-20(26)19(25)12-18(21)23(34)33(6-2)16(3)15-35-22-10-9-17(14-30-22)24(27,28)29/h9-14,16H,5-6,15H2,1-4H3/b31-11-. The topological polar surface area (TPSA) is 58.0 Å². The largest absolute Gasteiger partial charge is 0.475 e. The van der Waals surface area contributed by atoms with E-state index in [1.54, 1.807) is 13.8 Å². The van der Waals surface area contributed by atoms with Crippen LogP contribution in [0.3, 0.4) is 0 Å². The summed E-state index contributed by atoms with van der Waals surface area (Å²) in [5.74, 6) is 2.45. The lowest BCUT2D eigenvalue weighted by atomic mass is 10.1. The number of alkyl halides is 3. The first-order valence-corrected chi connectivity index (χ1v) is 10.7. The number of hydrogen-bond donors (Lipinski definition) is 0. The zero-order valence-corrected chi connectivity index (χ0v) is 19.7. The Labute approximate surface area is 200 Å². The molecule has 35 heavy (non-hydrogen) atoms. The highest BCUT2D eigenvalue weighted by atomic mass is 19.4. The maximum Gasteiger partial charge on any atom is 0.417 e. The molecule has 0 aliphatic rings. The van der Waals surface area contributed by atoms with E-state index in [1.165, 1.54) is 23.2 Å². The van der Waals surface area contributed by atoms with Crippen molar-refractivity contribution in [3.63, 3.8) is 0 Å². The second kappa shape index (κ2) is 12.1. The van der Waals surface area contributed by atoms with Crippen LogP contribution in [-0.2, 0) is 6.18 Å². The van der Waals surface area contributed by atoms with Crippen LogP contribution in [-0.4, -0.2) is 48.2 Å². The van der Waals surface area contributed by atoms with E-state index in [4.69, 9.17) is 4.74 Å². The number of carbonyl (C=O) groups is 1. The van der Waals surface area contributed by atoms with E-state index in [9.17, 15) is 26.7 Å². The monoisotopic (exact) mass is 496 g/mol. The summed E-state index contributed by atoms with van der Waals surface area (Å²) in [5.41, 5.74) is -1.02. The molecule has 1 aromatic carbocycles. The molecule has 1 aromatic heterocycles. The van der Waals surface area contributed by atoms with E-state index < -0.39 is 35.3 Å². The second-order valence-electron chi connectivity index (χ2n) is 7.36. The molecule has 0 aliphatic carbocycles. The van der Waals surface area contributed by atoms with Gasteiger partial charge in [0.1, 0.15) is 6.61 Å². The minimum atomic E-state index is -4.52. The normalized spacial score (nSPS) is 12.1. The van der Waals surface area contributed by atoms with Crippen molar-refractivity contribution in [3.8, 4) is 17.7 Å². The molecule has 6 nitrogen and oxygen atoms in total. The molecule has 1 atom stereocenters. The van der Waals surface area contributed by atoms with Gasteiger partial charge in [-0.15, -0.1) is 0 Å². The third-order valence-electron chi connectivity index (χ3n) is 4.86. The van der Waals surface area contributed by atoms with Gasteiger partial charge < -0.3 is 9.64 Å². The lowest BCUT2D eigenvalue weighted by Crippen LogP contribution is -2.42. The van der Waals surface area contributed by atoms with Gasteiger partial charge in [-0.1, -0.05) is 18.8 Å². The first-order valence-electron chi connectivity index (χ1n) is 10.7. The van der Waals surface area contributed by atoms with Gasteiger partial charge >= 0.3 is 6.18 Å². The first kappa shape index (κ1) is 27.6. The van der Waals surface area contributed by atoms with Crippen LogP contribution >= 0.6 is 0 Å². The Hall–Kier alpha value is -3.68. The lowest BCUT2D eigenvalue weighted by molar-refractivity contribution is -0.137. The van der Waals surface area contributed by atoms with E-state index in [0.29, 0.717) is 12.6 Å². The van der Waals surface area contributed by atoms with Crippen LogP contribution in [0.5, 0.6) is 5.88 Å². The number of likely N-dealkylation sites (N-methyl/N-ethyl adjacent to an activating group) is 1. The maximum atomic E-state index is 14.1. The summed E-state index contributed by atoms with van der Waals surface area (Å²) in [7, 11) is 1.46. The molecular weight excluding hydrogens is 471 g/mol. The summed E-state index contributed by atoms with van der Waals surface area (Å²) >= 11 is 0. The SMILES string of the molecule is CCC#C/C=N\N(C)c1cc(F)c(F)cc1C(=O)N(CC)C(C)COc1ccc(C(F)(F)F)cn1. The summed E-state index contributed by atoms with van der Waals surface area (Å²) in [4.78, 5) is 18.3. The number of pyridine rings is 1. The predicted molar refractivity (Wildman–Crippen MR) is 122 cm³/mol. The number of benzene rings is 1. The molecule has 0 radical (unpaired) electrons. The number of hydrazone groups is 1. The van der Waals surface area contributed by atoms with Crippen LogP contribution in [0.4, 0.5) is 27.6 Å². The number of halogens is 5. The molecule has 1 heterocycles. The number of nitrogens with zero attached hydrogens (tertiary/aromatic N) is 4. The first-order chi connectivity index (χ1) is 16.5. The summed E-state index contributed by atoms with van der Waals surface area (Å²) in [5, 5.41) is 5.25. The van der Waals surface area contributed by atoms with Crippen LogP contribution in [0.1, 0.15) is 43.1 Å². The van der Waals surface area contributed by atoms with Crippen molar-refractivity contribution in [2.24, 2.45) is 5.10 Å². The molecular formula is C24H25F5N4O2. The quantitative estimate of drug-likeness (QED) is 0.220. The van der Waals surface area contributed by atoms with E-state index in [1.807, 2.05) is 6.92 Å². The average Bonchev–Trinajstić information content (AvgIpc) is 2.81. The Morgan fingerprint density at radius 3 is 2.49 bits per heavy atom. The van der Waals surface area contributed by atoms with Crippen LogP contribution in [0.25, 0.3) is 0 Å². The molecule has 2 rings (SSSR count). The van der Waals surface area contributed by atoms with Crippen LogP contribution < -0.4 is 9.75 Å². The smallest absolute Gasteiger partial charge is 0.417 e. The molecule has 1 amide bonds. The van der Waals surface area contributed by atoms with Gasteiger partial charge in [-0.3, -0.25) is 9.80 Å². The van der Waals surface area contributed by atoms with Gasteiger partial charge in [0, 0.05) is 38.3 Å². The van der Waals surface area contributed by atoms with Gasteiger partial charge in [0.25, 0.3) is 5.91 Å². The Morgan fingerprint density at radius 1 is 1.23 bits per heavy atom. The Kier molecular flexibility index (Phi) is 9.57. The van der Waals surface area contributed by atoms with Gasteiger partial charge in [0.05, 0.1) is 29.1 Å². The molecule has 0 saturated heterocycles. The van der Waals surface area contributed by atoms with Gasteiger partial charge in [-0.05, 0) is 26.0 Å². The van der Waals surface area contributed by atoms with E-state index in [0.717, 1.165) is 24.3 Å². The number of rotatable bonds is 8. The molecule has 0 N–H and O–H groups in total. The van der Waals surface area contributed by atoms with Crippen molar-refractivity contribution in [2.45, 2.75) is 39.4 Å². The van der Waals surface area contributed by atoms with Crippen LogP contribution in [0.15, 0.2) is 35.6 Å². The van der Waals surface area contributed by atoms with Crippen molar-refractivity contribution in [2.75, 3.05) is 25.2 Å². The summed E-state index contributed by atoms with van der Waals surface area (Å²) in [6.07, 6.45) is -1.98. The van der Waals surface area contributed by atoms with Crippen molar-refractivity contribution in [1.82, 2.24) is 9.88 Å². The lowest BCUT2D eigenvalue weighted by Gasteiger charge is -2.29. The Balaban J connectivity index is 2.23. The van der Waals surface area contributed by atoms with Crippen molar-refractivity contribution < 1.29 is 31.5 Å². The van der Waals surface area contributed by atoms with E-state index >= 15 is 0 Å². The van der Waals surface area contributed by atoms with Crippen molar-refractivity contribution in [3.05, 3.63) is 53.2 Å². The maximum absolute atomic E-state index is 14.1. The number of amides is 1. The number of hydrogen-bond acceptors (Lipinski definition) is 5. The molecule has 0 bridgehead atoms. The number of ether oxygens (including phenoxy) is 1.